The van der Waals surface area contributed by atoms with Crippen molar-refractivity contribution in [2.75, 3.05) is 0 Å². The fourth-order valence-corrected chi connectivity index (χ4v) is 2.84. The van der Waals surface area contributed by atoms with Gasteiger partial charge in [0.25, 0.3) is 5.91 Å². The van der Waals surface area contributed by atoms with Crippen molar-refractivity contribution in [3.05, 3.63) is 89.6 Å². The second kappa shape index (κ2) is 7.51. The predicted molar refractivity (Wildman–Crippen MR) is 98.4 cm³/mol. The van der Waals surface area contributed by atoms with E-state index in [4.69, 9.17) is 0 Å². The second-order valence-electron chi connectivity index (χ2n) is 6.20. The fraction of sp³-hybridized carbons (Fsp3) is 0.100. The van der Waals surface area contributed by atoms with E-state index in [1.165, 1.54) is 18.3 Å². The summed E-state index contributed by atoms with van der Waals surface area (Å²) in [5.41, 5.74) is 2.56. The van der Waals surface area contributed by atoms with Gasteiger partial charge in [0.2, 0.25) is 0 Å². The van der Waals surface area contributed by atoms with E-state index in [1.807, 2.05) is 16.7 Å². The van der Waals surface area contributed by atoms with Crippen LogP contribution in [0.2, 0.25) is 0 Å². The molecule has 0 saturated carbocycles. The van der Waals surface area contributed by atoms with Gasteiger partial charge in [-0.3, -0.25) is 9.78 Å². The molecule has 28 heavy (non-hydrogen) atoms. The molecule has 0 fully saturated rings. The van der Waals surface area contributed by atoms with Crippen LogP contribution in [0.15, 0.2) is 61.3 Å². The molecule has 1 N–H and O–H groups in total. The Hall–Kier alpha value is -3.68. The first kappa shape index (κ1) is 17.7. The number of imidazole rings is 1. The Morgan fingerprint density at radius 1 is 1.11 bits per heavy atom. The molecule has 3 heterocycles. The Kier molecular flexibility index (Phi) is 4.76. The van der Waals surface area contributed by atoms with Crippen LogP contribution >= 0.6 is 0 Å². The van der Waals surface area contributed by atoms with E-state index in [0.29, 0.717) is 17.7 Å². The summed E-state index contributed by atoms with van der Waals surface area (Å²) in [7, 11) is 0. The molecule has 0 aliphatic rings. The number of fused-ring (bicyclic) bond motifs is 1. The zero-order valence-corrected chi connectivity index (χ0v) is 14.6. The fourth-order valence-electron chi connectivity index (χ4n) is 2.84. The van der Waals surface area contributed by atoms with Gasteiger partial charge in [-0.1, -0.05) is 18.2 Å². The number of nitrogens with zero attached hydrogens (tertiary/aromatic N) is 4. The highest BCUT2D eigenvalue weighted by Gasteiger charge is 2.13. The zero-order valence-electron chi connectivity index (χ0n) is 14.6. The van der Waals surface area contributed by atoms with E-state index in [-0.39, 0.29) is 17.7 Å². The first-order valence-electron chi connectivity index (χ1n) is 8.52. The minimum absolute atomic E-state index is 0.0723. The van der Waals surface area contributed by atoms with Crippen LogP contribution in [0, 0.1) is 11.6 Å². The number of carbonyl (C=O) groups excluding carboxylic acids is 1. The van der Waals surface area contributed by atoms with Gasteiger partial charge >= 0.3 is 0 Å². The molecule has 8 heteroatoms. The van der Waals surface area contributed by atoms with Gasteiger partial charge in [-0.2, -0.15) is 0 Å². The van der Waals surface area contributed by atoms with Crippen molar-refractivity contribution in [1.82, 2.24) is 24.8 Å². The number of hydrogen-bond donors (Lipinski definition) is 1. The monoisotopic (exact) mass is 379 g/mol. The lowest BCUT2D eigenvalue weighted by atomic mass is 10.2. The molecule has 140 valence electrons. The van der Waals surface area contributed by atoms with Crippen molar-refractivity contribution < 1.29 is 13.6 Å². The molecule has 4 aromatic rings. The molecule has 0 aliphatic heterocycles. The molecule has 0 unspecified atom stereocenters. The number of aromatic nitrogens is 4. The van der Waals surface area contributed by atoms with Crippen molar-refractivity contribution in [2.24, 2.45) is 0 Å². The third-order valence-corrected chi connectivity index (χ3v) is 4.26. The van der Waals surface area contributed by atoms with Gasteiger partial charge < -0.3 is 9.88 Å². The van der Waals surface area contributed by atoms with E-state index < -0.39 is 17.5 Å². The zero-order chi connectivity index (χ0) is 19.5. The highest BCUT2D eigenvalue weighted by Crippen LogP contribution is 2.15. The number of carbonyl (C=O) groups is 1. The summed E-state index contributed by atoms with van der Waals surface area (Å²) in [6.45, 7) is 0.428. The molecule has 0 radical (unpaired) electrons. The van der Waals surface area contributed by atoms with Crippen molar-refractivity contribution >= 4 is 17.1 Å². The van der Waals surface area contributed by atoms with E-state index >= 15 is 0 Å². The van der Waals surface area contributed by atoms with E-state index in [1.54, 1.807) is 24.8 Å². The van der Waals surface area contributed by atoms with Crippen LogP contribution in [0.4, 0.5) is 8.78 Å². The summed E-state index contributed by atoms with van der Waals surface area (Å²) in [6, 6.07) is 9.25. The molecule has 0 aliphatic carbocycles. The molecular formula is C20H15F2N5O. The summed E-state index contributed by atoms with van der Waals surface area (Å²) >= 11 is 0. The molecule has 0 atom stereocenters. The lowest BCUT2D eigenvalue weighted by Crippen LogP contribution is -2.23. The van der Waals surface area contributed by atoms with Crippen molar-refractivity contribution in [1.29, 1.82) is 0 Å². The van der Waals surface area contributed by atoms with Gasteiger partial charge in [-0.05, 0) is 23.8 Å². The maximum atomic E-state index is 13.7. The number of benzene rings is 1. The second-order valence-corrected chi connectivity index (χ2v) is 6.20. The number of halogens is 2. The van der Waals surface area contributed by atoms with Crippen LogP contribution in [0.1, 0.15) is 21.5 Å². The number of amides is 1. The van der Waals surface area contributed by atoms with E-state index in [0.717, 1.165) is 11.6 Å². The molecule has 6 nitrogen and oxygen atoms in total. The normalized spacial score (nSPS) is 10.9. The number of hydrogen-bond acceptors (Lipinski definition) is 4. The minimum Gasteiger partial charge on any atom is -0.348 e. The Morgan fingerprint density at radius 2 is 2.00 bits per heavy atom. The van der Waals surface area contributed by atoms with Gasteiger partial charge in [-0.15, -0.1) is 0 Å². The van der Waals surface area contributed by atoms with Crippen LogP contribution in [0.3, 0.4) is 0 Å². The lowest BCUT2D eigenvalue weighted by molar-refractivity contribution is 0.0950. The Bertz CT molecular complexity index is 1140. The maximum absolute atomic E-state index is 13.7. The van der Waals surface area contributed by atoms with E-state index in [2.05, 4.69) is 20.3 Å². The lowest BCUT2D eigenvalue weighted by Gasteiger charge is -2.07. The molecule has 0 saturated heterocycles. The standard InChI is InChI=1S/C20H15F2N5O/c21-16-5-1-4-14(18(16)22)9-25-20(28)15-7-17-19(24-10-15)27(12-26-17)11-13-3-2-6-23-8-13/h1-8,10,12H,9,11H2,(H,25,28). The number of rotatable bonds is 5. The van der Waals surface area contributed by atoms with Crippen molar-refractivity contribution in [3.63, 3.8) is 0 Å². The highest BCUT2D eigenvalue weighted by atomic mass is 19.2. The smallest absolute Gasteiger partial charge is 0.253 e. The topological polar surface area (TPSA) is 72.7 Å². The van der Waals surface area contributed by atoms with Crippen LogP contribution in [-0.2, 0) is 13.1 Å². The predicted octanol–water partition coefficient (Wildman–Crippen LogP) is 3.08. The third kappa shape index (κ3) is 3.57. The first-order chi connectivity index (χ1) is 13.6. The van der Waals surface area contributed by atoms with Crippen molar-refractivity contribution in [2.45, 2.75) is 13.1 Å². The van der Waals surface area contributed by atoms with Crippen LogP contribution in [-0.4, -0.2) is 25.4 Å². The number of pyridine rings is 2. The molecule has 3 aromatic heterocycles. The van der Waals surface area contributed by atoms with Gasteiger partial charge in [0.1, 0.15) is 5.52 Å². The van der Waals surface area contributed by atoms with Crippen LogP contribution in [0.5, 0.6) is 0 Å². The largest absolute Gasteiger partial charge is 0.348 e. The van der Waals surface area contributed by atoms with Crippen molar-refractivity contribution in [3.8, 4) is 0 Å². The molecule has 1 aromatic carbocycles. The Morgan fingerprint density at radius 3 is 2.82 bits per heavy atom. The summed E-state index contributed by atoms with van der Waals surface area (Å²) in [6.07, 6.45) is 6.54. The highest BCUT2D eigenvalue weighted by molar-refractivity contribution is 5.96. The molecule has 4 rings (SSSR count). The summed E-state index contributed by atoms with van der Waals surface area (Å²) in [5.74, 6) is -2.36. The quantitative estimate of drug-likeness (QED) is 0.578. The first-order valence-corrected chi connectivity index (χ1v) is 8.52. The third-order valence-electron chi connectivity index (χ3n) is 4.26. The van der Waals surface area contributed by atoms with Gasteiger partial charge in [0.15, 0.2) is 17.3 Å². The summed E-state index contributed by atoms with van der Waals surface area (Å²) in [5, 5.41) is 2.57. The van der Waals surface area contributed by atoms with Gasteiger partial charge in [-0.25, -0.2) is 18.7 Å². The summed E-state index contributed by atoms with van der Waals surface area (Å²) < 4.78 is 28.8. The van der Waals surface area contributed by atoms with E-state index in [9.17, 15) is 13.6 Å². The number of nitrogens with one attached hydrogen (secondary N) is 1. The average molecular weight is 379 g/mol. The van der Waals surface area contributed by atoms with Crippen LogP contribution in [0.25, 0.3) is 11.2 Å². The molecular weight excluding hydrogens is 364 g/mol. The molecule has 0 spiro atoms. The van der Waals surface area contributed by atoms with Crippen LogP contribution < -0.4 is 5.32 Å². The minimum atomic E-state index is -0.967. The Labute approximate surface area is 158 Å². The Balaban J connectivity index is 1.50. The SMILES string of the molecule is O=C(NCc1cccc(F)c1F)c1cnc2c(c1)ncn2Cc1cccnc1. The summed E-state index contributed by atoms with van der Waals surface area (Å²) in [4.78, 5) is 25.1. The maximum Gasteiger partial charge on any atom is 0.253 e. The molecule has 1 amide bonds. The van der Waals surface area contributed by atoms with Gasteiger partial charge in [0, 0.05) is 30.7 Å². The van der Waals surface area contributed by atoms with Gasteiger partial charge in [0.05, 0.1) is 18.4 Å². The average Bonchev–Trinajstić information content (AvgIpc) is 3.11. The molecule has 0 bridgehead atoms.